The standard InChI is InChI=1S/C9H7ClN2O/c10-7-3-1-2-4-8(7)13-9-5-6-11-12-9/h1-4,6H,5H2. The van der Waals surface area contributed by atoms with Crippen molar-refractivity contribution >= 4 is 23.7 Å². The Bertz CT molecular complexity index is 374. The monoisotopic (exact) mass is 194 g/mol. The van der Waals surface area contributed by atoms with Crippen LogP contribution in [0.5, 0.6) is 5.75 Å². The first-order valence-corrected chi connectivity index (χ1v) is 4.25. The summed E-state index contributed by atoms with van der Waals surface area (Å²) in [5.41, 5.74) is 0. The Kier molecular flexibility index (Phi) is 2.27. The first-order chi connectivity index (χ1) is 6.36. The average molecular weight is 195 g/mol. The molecule has 0 saturated carbocycles. The molecule has 1 aromatic rings. The summed E-state index contributed by atoms with van der Waals surface area (Å²) in [6.07, 6.45) is 2.32. The van der Waals surface area contributed by atoms with Gasteiger partial charge in [0.05, 0.1) is 11.4 Å². The van der Waals surface area contributed by atoms with Crippen LogP contribution in [0.4, 0.5) is 0 Å². The van der Waals surface area contributed by atoms with Crippen molar-refractivity contribution in [1.29, 1.82) is 0 Å². The third-order valence-corrected chi connectivity index (χ3v) is 1.89. The number of para-hydroxylation sites is 1. The quantitative estimate of drug-likeness (QED) is 0.676. The molecule has 66 valence electrons. The number of hydrogen-bond acceptors (Lipinski definition) is 3. The Labute approximate surface area is 80.7 Å². The molecule has 0 amide bonds. The number of nitrogens with zero attached hydrogens (tertiary/aromatic N) is 2. The van der Waals surface area contributed by atoms with Crippen LogP contribution in [-0.4, -0.2) is 12.1 Å². The molecule has 0 radical (unpaired) electrons. The van der Waals surface area contributed by atoms with Crippen molar-refractivity contribution in [1.82, 2.24) is 0 Å². The molecule has 0 atom stereocenters. The minimum Gasteiger partial charge on any atom is -0.439 e. The molecule has 0 aliphatic carbocycles. The Balaban J connectivity index is 2.14. The van der Waals surface area contributed by atoms with Gasteiger partial charge in [0.1, 0.15) is 5.75 Å². The minimum atomic E-state index is 0.577. The van der Waals surface area contributed by atoms with Crippen LogP contribution >= 0.6 is 11.6 Å². The number of rotatable bonds is 1. The molecule has 1 aliphatic heterocycles. The summed E-state index contributed by atoms with van der Waals surface area (Å²) in [6, 6.07) is 7.27. The number of hydrogen-bond donors (Lipinski definition) is 0. The van der Waals surface area contributed by atoms with Crippen LogP contribution < -0.4 is 4.74 Å². The second-order valence-corrected chi connectivity index (χ2v) is 2.94. The van der Waals surface area contributed by atoms with Gasteiger partial charge in [-0.05, 0) is 12.1 Å². The van der Waals surface area contributed by atoms with Crippen LogP contribution in [-0.2, 0) is 0 Å². The van der Waals surface area contributed by atoms with Crippen molar-refractivity contribution in [3.05, 3.63) is 29.3 Å². The van der Waals surface area contributed by atoms with Gasteiger partial charge >= 0.3 is 0 Å². The fourth-order valence-electron chi connectivity index (χ4n) is 0.981. The van der Waals surface area contributed by atoms with Gasteiger partial charge in [0, 0.05) is 6.21 Å². The van der Waals surface area contributed by atoms with Gasteiger partial charge in [-0.3, -0.25) is 0 Å². The lowest BCUT2D eigenvalue weighted by atomic mass is 10.3. The van der Waals surface area contributed by atoms with E-state index in [0.29, 0.717) is 23.1 Å². The van der Waals surface area contributed by atoms with Gasteiger partial charge in [-0.1, -0.05) is 23.7 Å². The van der Waals surface area contributed by atoms with Gasteiger partial charge in [-0.2, -0.15) is 5.10 Å². The summed E-state index contributed by atoms with van der Waals surface area (Å²) in [7, 11) is 0. The van der Waals surface area contributed by atoms with Crippen LogP contribution in [0, 0.1) is 0 Å². The van der Waals surface area contributed by atoms with Gasteiger partial charge in [-0.15, -0.1) is 5.10 Å². The first-order valence-electron chi connectivity index (χ1n) is 3.87. The summed E-state index contributed by atoms with van der Waals surface area (Å²) in [6.45, 7) is 0. The third-order valence-electron chi connectivity index (χ3n) is 1.58. The molecule has 0 N–H and O–H groups in total. The Morgan fingerprint density at radius 2 is 2.15 bits per heavy atom. The molecule has 1 aliphatic rings. The smallest absolute Gasteiger partial charge is 0.220 e. The van der Waals surface area contributed by atoms with Crippen molar-refractivity contribution in [3.8, 4) is 5.75 Å². The highest BCUT2D eigenvalue weighted by Crippen LogP contribution is 2.23. The predicted octanol–water partition coefficient (Wildman–Crippen LogP) is 2.51. The van der Waals surface area contributed by atoms with Gasteiger partial charge in [0.2, 0.25) is 5.90 Å². The van der Waals surface area contributed by atoms with E-state index in [0.717, 1.165) is 0 Å². The van der Waals surface area contributed by atoms with E-state index in [-0.39, 0.29) is 0 Å². The van der Waals surface area contributed by atoms with Crippen molar-refractivity contribution in [2.45, 2.75) is 6.42 Å². The average Bonchev–Trinajstić information content (AvgIpc) is 2.61. The molecule has 0 spiro atoms. The fourth-order valence-corrected chi connectivity index (χ4v) is 1.16. The van der Waals surface area contributed by atoms with Gasteiger partial charge in [0.25, 0.3) is 0 Å². The maximum absolute atomic E-state index is 5.88. The summed E-state index contributed by atoms with van der Waals surface area (Å²) in [4.78, 5) is 0. The van der Waals surface area contributed by atoms with Crippen molar-refractivity contribution in [2.75, 3.05) is 0 Å². The van der Waals surface area contributed by atoms with E-state index < -0.39 is 0 Å². The van der Waals surface area contributed by atoms with E-state index in [2.05, 4.69) is 10.2 Å². The van der Waals surface area contributed by atoms with Crippen LogP contribution in [0.25, 0.3) is 0 Å². The molecule has 0 aromatic heterocycles. The van der Waals surface area contributed by atoms with Gasteiger partial charge < -0.3 is 4.74 Å². The topological polar surface area (TPSA) is 34.0 Å². The molecule has 2 rings (SSSR count). The molecule has 1 heterocycles. The second-order valence-electron chi connectivity index (χ2n) is 2.53. The number of halogens is 1. The Hall–Kier alpha value is -1.35. The van der Waals surface area contributed by atoms with Crippen LogP contribution in [0.2, 0.25) is 5.02 Å². The van der Waals surface area contributed by atoms with Crippen LogP contribution in [0.1, 0.15) is 6.42 Å². The molecule has 0 fully saturated rings. The van der Waals surface area contributed by atoms with Crippen molar-refractivity contribution in [3.63, 3.8) is 0 Å². The lowest BCUT2D eigenvalue weighted by Crippen LogP contribution is -2.05. The summed E-state index contributed by atoms with van der Waals surface area (Å²) in [5, 5.41) is 8.04. The molecule has 3 nitrogen and oxygen atoms in total. The number of ether oxygens (including phenoxy) is 1. The van der Waals surface area contributed by atoms with E-state index in [1.807, 2.05) is 12.1 Å². The molecule has 1 aromatic carbocycles. The maximum Gasteiger partial charge on any atom is 0.220 e. The maximum atomic E-state index is 5.88. The van der Waals surface area contributed by atoms with Crippen molar-refractivity contribution < 1.29 is 4.74 Å². The van der Waals surface area contributed by atoms with E-state index in [1.165, 1.54) is 0 Å². The molecule has 4 heteroatoms. The van der Waals surface area contributed by atoms with E-state index >= 15 is 0 Å². The van der Waals surface area contributed by atoms with Crippen LogP contribution in [0.15, 0.2) is 34.5 Å². The fraction of sp³-hybridized carbons (Fsp3) is 0.111. The number of benzene rings is 1. The Morgan fingerprint density at radius 3 is 2.85 bits per heavy atom. The zero-order valence-corrected chi connectivity index (χ0v) is 7.53. The zero-order valence-electron chi connectivity index (χ0n) is 6.77. The minimum absolute atomic E-state index is 0.577. The summed E-state index contributed by atoms with van der Waals surface area (Å²) in [5.74, 6) is 1.20. The largest absolute Gasteiger partial charge is 0.439 e. The van der Waals surface area contributed by atoms with Gasteiger partial charge in [-0.25, -0.2) is 0 Å². The zero-order chi connectivity index (χ0) is 9.10. The van der Waals surface area contributed by atoms with E-state index in [1.54, 1.807) is 18.3 Å². The van der Waals surface area contributed by atoms with E-state index in [4.69, 9.17) is 16.3 Å². The second kappa shape index (κ2) is 3.58. The lowest BCUT2D eigenvalue weighted by molar-refractivity contribution is 0.543. The molecular weight excluding hydrogens is 188 g/mol. The summed E-state index contributed by atoms with van der Waals surface area (Å²) < 4.78 is 5.40. The molecule has 0 saturated heterocycles. The highest BCUT2D eigenvalue weighted by molar-refractivity contribution is 6.32. The van der Waals surface area contributed by atoms with Gasteiger partial charge in [0.15, 0.2) is 0 Å². The normalized spacial score (nSPS) is 14.4. The van der Waals surface area contributed by atoms with Crippen LogP contribution in [0.3, 0.4) is 0 Å². The lowest BCUT2D eigenvalue weighted by Gasteiger charge is -2.04. The summed E-state index contributed by atoms with van der Waals surface area (Å²) >= 11 is 5.88. The predicted molar refractivity (Wildman–Crippen MR) is 52.6 cm³/mol. The molecule has 0 bridgehead atoms. The molecule has 0 unspecified atom stereocenters. The van der Waals surface area contributed by atoms with Crippen molar-refractivity contribution in [2.24, 2.45) is 10.2 Å². The third kappa shape index (κ3) is 1.87. The molecule has 13 heavy (non-hydrogen) atoms. The highest BCUT2D eigenvalue weighted by Gasteiger charge is 2.07. The highest BCUT2D eigenvalue weighted by atomic mass is 35.5. The SMILES string of the molecule is Clc1ccccc1OC1=NN=CC1. The van der Waals surface area contributed by atoms with E-state index in [9.17, 15) is 0 Å². The first kappa shape index (κ1) is 8.26. The Morgan fingerprint density at radius 1 is 1.31 bits per heavy atom. The molecular formula is C9H7ClN2O.